The Labute approximate surface area is 187 Å². The summed E-state index contributed by atoms with van der Waals surface area (Å²) >= 11 is 0. The highest BCUT2D eigenvalue weighted by atomic mass is 16.5. The third-order valence-electron chi connectivity index (χ3n) is 5.89. The number of carbonyl (C=O) groups excluding carboxylic acids is 1. The van der Waals surface area contributed by atoms with Gasteiger partial charge < -0.3 is 14.6 Å². The Kier molecular flexibility index (Phi) is 6.21. The molecule has 3 heterocycles. The fraction of sp³-hybridized carbons (Fsp3) is 0.458. The van der Waals surface area contributed by atoms with E-state index < -0.39 is 0 Å². The molecule has 1 N–H and O–H groups in total. The van der Waals surface area contributed by atoms with E-state index in [-0.39, 0.29) is 29.0 Å². The van der Waals surface area contributed by atoms with Crippen LogP contribution in [0, 0.1) is 20.8 Å². The van der Waals surface area contributed by atoms with Crippen LogP contribution in [0.4, 0.5) is 0 Å². The second kappa shape index (κ2) is 9.06. The van der Waals surface area contributed by atoms with Crippen LogP contribution in [0.25, 0.3) is 11.0 Å². The van der Waals surface area contributed by atoms with E-state index in [1.807, 2.05) is 38.3 Å². The van der Waals surface area contributed by atoms with E-state index in [1.165, 1.54) is 0 Å². The topological polar surface area (TPSA) is 99.0 Å². The van der Waals surface area contributed by atoms with E-state index >= 15 is 0 Å². The highest BCUT2D eigenvalue weighted by Gasteiger charge is 2.26. The highest BCUT2D eigenvalue weighted by molar-refractivity contribution is 5.97. The number of fused-ring (bicyclic) bond motifs is 1. The van der Waals surface area contributed by atoms with E-state index in [1.54, 1.807) is 18.3 Å². The zero-order valence-electron chi connectivity index (χ0n) is 19.0. The van der Waals surface area contributed by atoms with Gasteiger partial charge >= 0.3 is 6.01 Å². The number of ether oxygens (including phenoxy) is 1. The maximum Gasteiger partial charge on any atom is 0.317 e. The largest absolute Gasteiger partial charge is 0.460 e. The fourth-order valence-corrected chi connectivity index (χ4v) is 4.25. The molecule has 8 nitrogen and oxygen atoms in total. The lowest BCUT2D eigenvalue weighted by atomic mass is 9.92. The van der Waals surface area contributed by atoms with E-state index in [9.17, 15) is 9.59 Å². The third-order valence-corrected chi connectivity index (χ3v) is 5.89. The SMILES string of the molecule is CCn1cc(C(=O)NC2CCC(Oc3nc(C)cc(C)n3)CC2)c(=O)c2ccc(C)nc21. The number of hydrogen-bond acceptors (Lipinski definition) is 6. The molecule has 168 valence electrons. The molecule has 0 unspecified atom stereocenters. The molecule has 3 aromatic heterocycles. The maximum atomic E-state index is 13.0. The molecule has 0 saturated heterocycles. The number of pyridine rings is 2. The number of nitrogens with zero attached hydrogens (tertiary/aromatic N) is 4. The number of amides is 1. The Balaban J connectivity index is 1.43. The van der Waals surface area contributed by atoms with Gasteiger partial charge in [0.1, 0.15) is 17.3 Å². The first kappa shape index (κ1) is 21.9. The van der Waals surface area contributed by atoms with Crippen LogP contribution in [0.1, 0.15) is 60.0 Å². The van der Waals surface area contributed by atoms with Crippen LogP contribution in [0.15, 0.2) is 29.2 Å². The first-order valence-corrected chi connectivity index (χ1v) is 11.1. The summed E-state index contributed by atoms with van der Waals surface area (Å²) in [5, 5.41) is 3.51. The van der Waals surface area contributed by atoms with Gasteiger partial charge in [0.25, 0.3) is 5.91 Å². The minimum Gasteiger partial charge on any atom is -0.460 e. The average Bonchev–Trinajstić information content (AvgIpc) is 2.74. The summed E-state index contributed by atoms with van der Waals surface area (Å²) in [5.74, 6) is -0.332. The number of rotatable bonds is 5. The molecular weight excluding hydrogens is 406 g/mol. The first-order valence-electron chi connectivity index (χ1n) is 11.1. The molecular formula is C24H29N5O3. The molecule has 1 fully saturated rings. The van der Waals surface area contributed by atoms with Gasteiger partial charge in [-0.05, 0) is 71.6 Å². The van der Waals surface area contributed by atoms with Gasteiger partial charge in [0.15, 0.2) is 0 Å². The van der Waals surface area contributed by atoms with Crippen molar-refractivity contribution in [3.63, 3.8) is 0 Å². The first-order chi connectivity index (χ1) is 15.3. The molecule has 0 radical (unpaired) electrons. The molecule has 0 aliphatic heterocycles. The van der Waals surface area contributed by atoms with Crippen molar-refractivity contribution in [3.05, 3.63) is 57.3 Å². The lowest BCUT2D eigenvalue weighted by molar-refractivity contribution is 0.0883. The predicted octanol–water partition coefficient (Wildman–Crippen LogP) is 3.25. The number of aryl methyl sites for hydroxylation is 4. The summed E-state index contributed by atoms with van der Waals surface area (Å²) in [6.07, 6.45) is 4.79. The predicted molar refractivity (Wildman–Crippen MR) is 122 cm³/mol. The van der Waals surface area contributed by atoms with Crippen molar-refractivity contribution in [2.75, 3.05) is 0 Å². The molecule has 4 rings (SSSR count). The van der Waals surface area contributed by atoms with Crippen LogP contribution in [0.3, 0.4) is 0 Å². The van der Waals surface area contributed by atoms with Crippen molar-refractivity contribution in [2.45, 2.75) is 72.1 Å². The third kappa shape index (κ3) is 4.64. The van der Waals surface area contributed by atoms with Gasteiger partial charge in [0, 0.05) is 35.9 Å². The molecule has 0 aromatic carbocycles. The zero-order valence-corrected chi connectivity index (χ0v) is 19.0. The van der Waals surface area contributed by atoms with Gasteiger partial charge in [-0.3, -0.25) is 9.59 Å². The van der Waals surface area contributed by atoms with Crippen LogP contribution in [-0.2, 0) is 6.54 Å². The molecule has 0 spiro atoms. The molecule has 32 heavy (non-hydrogen) atoms. The molecule has 3 aromatic rings. The fourth-order valence-electron chi connectivity index (χ4n) is 4.25. The Hall–Kier alpha value is -3.29. The molecule has 1 aliphatic rings. The van der Waals surface area contributed by atoms with Crippen molar-refractivity contribution in [3.8, 4) is 6.01 Å². The van der Waals surface area contributed by atoms with E-state index in [2.05, 4.69) is 20.3 Å². The Morgan fingerprint density at radius 2 is 1.75 bits per heavy atom. The summed E-state index contributed by atoms with van der Waals surface area (Å²) in [6, 6.07) is 5.88. The molecule has 1 aliphatic carbocycles. The average molecular weight is 436 g/mol. The van der Waals surface area contributed by atoms with Gasteiger partial charge in [-0.1, -0.05) is 0 Å². The summed E-state index contributed by atoms with van der Waals surface area (Å²) in [5.41, 5.74) is 3.09. The standard InChI is InChI=1S/C24H29N5O3/c1-5-29-13-20(21(30)19-11-6-14(2)25-22(19)29)23(31)28-17-7-9-18(10-8-17)32-24-26-15(3)12-16(4)27-24/h6,11-13,17-18H,5,7-10H2,1-4H3,(H,28,31). The highest BCUT2D eigenvalue weighted by Crippen LogP contribution is 2.23. The molecule has 1 amide bonds. The Morgan fingerprint density at radius 3 is 2.41 bits per heavy atom. The van der Waals surface area contributed by atoms with Gasteiger partial charge in [0.05, 0.1) is 5.39 Å². The van der Waals surface area contributed by atoms with Crippen LogP contribution < -0.4 is 15.5 Å². The lowest BCUT2D eigenvalue weighted by Crippen LogP contribution is -2.41. The second-order valence-electron chi connectivity index (χ2n) is 8.48. The normalized spacial score (nSPS) is 18.5. The minimum absolute atomic E-state index is 0.00355. The zero-order chi connectivity index (χ0) is 22.8. The number of carbonyl (C=O) groups is 1. The summed E-state index contributed by atoms with van der Waals surface area (Å²) in [7, 11) is 0. The Bertz CT molecular complexity index is 1190. The molecule has 0 atom stereocenters. The smallest absolute Gasteiger partial charge is 0.317 e. The van der Waals surface area contributed by atoms with E-state index in [0.717, 1.165) is 42.8 Å². The van der Waals surface area contributed by atoms with Crippen LogP contribution in [-0.4, -0.2) is 37.6 Å². The van der Waals surface area contributed by atoms with Crippen molar-refractivity contribution in [2.24, 2.45) is 0 Å². The van der Waals surface area contributed by atoms with Gasteiger partial charge in [-0.25, -0.2) is 15.0 Å². The molecule has 0 bridgehead atoms. The van der Waals surface area contributed by atoms with Crippen LogP contribution in [0.5, 0.6) is 6.01 Å². The summed E-state index contributed by atoms with van der Waals surface area (Å²) in [6.45, 7) is 8.32. The van der Waals surface area contributed by atoms with Crippen LogP contribution >= 0.6 is 0 Å². The van der Waals surface area contributed by atoms with Crippen molar-refractivity contribution >= 4 is 16.9 Å². The monoisotopic (exact) mass is 435 g/mol. The summed E-state index contributed by atoms with van der Waals surface area (Å²) in [4.78, 5) is 39.1. The number of nitrogens with one attached hydrogen (secondary N) is 1. The Morgan fingerprint density at radius 1 is 1.06 bits per heavy atom. The summed E-state index contributed by atoms with van der Waals surface area (Å²) < 4.78 is 7.82. The van der Waals surface area contributed by atoms with Gasteiger partial charge in [0.2, 0.25) is 5.43 Å². The molecule has 1 saturated carbocycles. The van der Waals surface area contributed by atoms with E-state index in [0.29, 0.717) is 23.6 Å². The van der Waals surface area contributed by atoms with Gasteiger partial charge in [-0.2, -0.15) is 0 Å². The van der Waals surface area contributed by atoms with Crippen LogP contribution in [0.2, 0.25) is 0 Å². The van der Waals surface area contributed by atoms with E-state index in [4.69, 9.17) is 4.74 Å². The maximum absolute atomic E-state index is 13.0. The minimum atomic E-state index is -0.332. The quantitative estimate of drug-likeness (QED) is 0.660. The molecule has 8 heteroatoms. The number of hydrogen-bond donors (Lipinski definition) is 1. The van der Waals surface area contributed by atoms with Crippen molar-refractivity contribution < 1.29 is 9.53 Å². The lowest BCUT2D eigenvalue weighted by Gasteiger charge is -2.29. The van der Waals surface area contributed by atoms with Crippen molar-refractivity contribution in [1.29, 1.82) is 0 Å². The van der Waals surface area contributed by atoms with Gasteiger partial charge in [-0.15, -0.1) is 0 Å². The number of aromatic nitrogens is 4. The van der Waals surface area contributed by atoms with Crippen molar-refractivity contribution in [1.82, 2.24) is 24.8 Å². The second-order valence-corrected chi connectivity index (χ2v) is 8.48.